The van der Waals surface area contributed by atoms with Crippen molar-refractivity contribution < 1.29 is 23.9 Å². The number of aromatic nitrogens is 1. The number of rotatable bonds is 8. The number of amides is 3. The van der Waals surface area contributed by atoms with Crippen LogP contribution in [0.5, 0.6) is 5.75 Å². The molecule has 0 spiro atoms. The first kappa shape index (κ1) is 24.7. The molecular weight excluding hydrogens is 484 g/mol. The fourth-order valence-corrected chi connectivity index (χ4v) is 7.27. The van der Waals surface area contributed by atoms with Crippen molar-refractivity contribution in [2.45, 2.75) is 44.7 Å². The number of allylic oxidation sites excluding steroid dienone is 2. The number of Topliss-reactive ketones (excluding diaryl/α,β-unsaturated/α-hetero) is 1. The van der Waals surface area contributed by atoms with Crippen LogP contribution >= 0.6 is 0 Å². The second-order valence-electron chi connectivity index (χ2n) is 11.1. The molecule has 3 N–H and O–H groups in total. The van der Waals surface area contributed by atoms with E-state index in [1.54, 1.807) is 25.0 Å². The number of aromatic amines is 1. The Hall–Kier alpha value is -3.62. The van der Waals surface area contributed by atoms with Gasteiger partial charge in [0.05, 0.1) is 13.2 Å². The van der Waals surface area contributed by atoms with Crippen LogP contribution in [0.1, 0.15) is 43.1 Å². The summed E-state index contributed by atoms with van der Waals surface area (Å²) in [6.45, 7) is 2.85. The van der Waals surface area contributed by atoms with E-state index in [0.29, 0.717) is 36.9 Å². The van der Waals surface area contributed by atoms with Gasteiger partial charge < -0.3 is 25.3 Å². The van der Waals surface area contributed by atoms with E-state index in [9.17, 15) is 19.2 Å². The lowest BCUT2D eigenvalue weighted by molar-refractivity contribution is -0.132. The number of benzene rings is 1. The highest BCUT2D eigenvalue weighted by Crippen LogP contribution is 2.54. The number of ketones is 1. The van der Waals surface area contributed by atoms with Gasteiger partial charge in [0.2, 0.25) is 11.8 Å². The van der Waals surface area contributed by atoms with Crippen LogP contribution in [0.4, 0.5) is 0 Å². The Bertz CT molecular complexity index is 1330. The van der Waals surface area contributed by atoms with E-state index in [1.807, 2.05) is 18.2 Å². The Morgan fingerprint density at radius 1 is 1.21 bits per heavy atom. The maximum Gasteiger partial charge on any atom is 0.271 e. The summed E-state index contributed by atoms with van der Waals surface area (Å²) in [6.07, 6.45) is 6.62. The largest absolute Gasteiger partial charge is 0.496 e. The molecule has 6 rings (SSSR count). The summed E-state index contributed by atoms with van der Waals surface area (Å²) in [7, 11) is 1.59. The lowest BCUT2D eigenvalue weighted by Gasteiger charge is -2.31. The first-order chi connectivity index (χ1) is 18.4. The molecule has 3 amide bonds. The molecule has 3 fully saturated rings. The Balaban J connectivity index is 1.29. The highest BCUT2D eigenvalue weighted by molar-refractivity contribution is 6.02. The van der Waals surface area contributed by atoms with Crippen LogP contribution in [-0.2, 0) is 14.4 Å². The van der Waals surface area contributed by atoms with Crippen LogP contribution in [0, 0.1) is 29.6 Å². The van der Waals surface area contributed by atoms with Crippen molar-refractivity contribution in [3.8, 4) is 5.75 Å². The van der Waals surface area contributed by atoms with Gasteiger partial charge in [-0.25, -0.2) is 0 Å². The normalized spacial score (nSPS) is 29.9. The summed E-state index contributed by atoms with van der Waals surface area (Å²) in [5.41, 5.74) is 1.20. The molecule has 3 heterocycles. The smallest absolute Gasteiger partial charge is 0.271 e. The number of carbonyl (C=O) groups is 4. The molecule has 2 aromatic rings. The minimum Gasteiger partial charge on any atom is -0.496 e. The van der Waals surface area contributed by atoms with Gasteiger partial charge in [0, 0.05) is 36.3 Å². The molecule has 9 nitrogen and oxygen atoms in total. The Morgan fingerprint density at radius 3 is 2.76 bits per heavy atom. The summed E-state index contributed by atoms with van der Waals surface area (Å²) in [5.74, 6) is 0.500. The highest BCUT2D eigenvalue weighted by Gasteiger charge is 2.58. The number of nitrogens with one attached hydrogen (secondary N) is 3. The number of methoxy groups -OCH3 is 1. The van der Waals surface area contributed by atoms with Crippen LogP contribution in [0.15, 0.2) is 36.4 Å². The van der Waals surface area contributed by atoms with Crippen molar-refractivity contribution in [2.24, 2.45) is 29.6 Å². The van der Waals surface area contributed by atoms with Crippen LogP contribution in [0.3, 0.4) is 0 Å². The molecule has 2 aliphatic heterocycles. The van der Waals surface area contributed by atoms with Gasteiger partial charge in [-0.15, -0.1) is 0 Å². The molecule has 1 aromatic heterocycles. The first-order valence-electron chi connectivity index (χ1n) is 13.7. The fraction of sp³-hybridized carbons (Fsp3) is 0.517. The second-order valence-corrected chi connectivity index (χ2v) is 11.1. The number of fused-ring (bicyclic) bond motifs is 6. The van der Waals surface area contributed by atoms with Crippen molar-refractivity contribution in [3.05, 3.63) is 42.1 Å². The van der Waals surface area contributed by atoms with Crippen molar-refractivity contribution in [1.82, 2.24) is 20.5 Å². The molecule has 9 heteroatoms. The number of H-pyrrole nitrogens is 1. The zero-order valence-corrected chi connectivity index (χ0v) is 21.7. The Morgan fingerprint density at radius 2 is 2.03 bits per heavy atom. The molecule has 2 saturated heterocycles. The van der Waals surface area contributed by atoms with E-state index in [1.165, 1.54) is 0 Å². The number of hydrogen-bond donors (Lipinski definition) is 3. The Kier molecular flexibility index (Phi) is 6.24. The molecule has 7 atom stereocenters. The minimum absolute atomic E-state index is 0.0139. The molecular formula is C29H34N4O5. The topological polar surface area (TPSA) is 121 Å². The number of ether oxygens (including phenoxy) is 1. The molecule has 1 aromatic carbocycles. The molecule has 2 bridgehead atoms. The average Bonchev–Trinajstić information content (AvgIpc) is 3.74. The van der Waals surface area contributed by atoms with E-state index in [0.717, 1.165) is 17.3 Å². The fourth-order valence-electron chi connectivity index (χ4n) is 7.27. The number of hydrogen-bond acceptors (Lipinski definition) is 5. The van der Waals surface area contributed by atoms with E-state index in [2.05, 4.69) is 27.8 Å². The average molecular weight is 519 g/mol. The summed E-state index contributed by atoms with van der Waals surface area (Å²) >= 11 is 0. The molecule has 0 radical (unpaired) electrons. The van der Waals surface area contributed by atoms with Gasteiger partial charge >= 0.3 is 0 Å². The predicted molar refractivity (Wildman–Crippen MR) is 140 cm³/mol. The zero-order chi connectivity index (χ0) is 26.6. The minimum atomic E-state index is -0.746. The molecule has 4 aliphatic rings. The molecule has 200 valence electrons. The lowest BCUT2D eigenvalue weighted by atomic mass is 9.81. The maximum absolute atomic E-state index is 14.0. The standard InChI is InChI=1S/C29H34N4O5/c1-3-23(34)21(12-17-9-10-30-27(17)35)32-28(36)26-25-16-8-7-15(11-16)19(25)14-33(26)29(37)22-13-18-20(31-22)5-4-6-24(18)38-2/h4-8,13,15-17,19,21,25-26,31H,3,9-12,14H2,1-2H3,(H,30,35)(H,32,36)/t15-,16+,17+,19-,21+,25+,26+/m1/s1. The summed E-state index contributed by atoms with van der Waals surface area (Å²) in [5, 5.41) is 6.62. The van der Waals surface area contributed by atoms with Crippen LogP contribution < -0.4 is 15.4 Å². The van der Waals surface area contributed by atoms with E-state index >= 15 is 0 Å². The van der Waals surface area contributed by atoms with E-state index in [-0.39, 0.29) is 60.0 Å². The van der Waals surface area contributed by atoms with Gasteiger partial charge in [-0.1, -0.05) is 25.1 Å². The van der Waals surface area contributed by atoms with Gasteiger partial charge in [-0.2, -0.15) is 0 Å². The monoisotopic (exact) mass is 518 g/mol. The van der Waals surface area contributed by atoms with Crippen LogP contribution in [0.25, 0.3) is 10.9 Å². The van der Waals surface area contributed by atoms with Gasteiger partial charge in [0.1, 0.15) is 17.5 Å². The third kappa shape index (κ3) is 3.99. The number of nitrogens with zero attached hydrogens (tertiary/aromatic N) is 1. The van der Waals surface area contributed by atoms with E-state index < -0.39 is 12.1 Å². The summed E-state index contributed by atoms with van der Waals surface area (Å²) in [4.78, 5) is 57.9. The lowest BCUT2D eigenvalue weighted by Crippen LogP contribution is -2.54. The third-order valence-electron chi connectivity index (χ3n) is 9.14. The van der Waals surface area contributed by atoms with Crippen molar-refractivity contribution >= 4 is 34.4 Å². The number of carbonyl (C=O) groups excluding carboxylic acids is 4. The highest BCUT2D eigenvalue weighted by atomic mass is 16.5. The molecule has 2 aliphatic carbocycles. The maximum atomic E-state index is 14.0. The van der Waals surface area contributed by atoms with Gasteiger partial charge in [-0.05, 0) is 61.1 Å². The van der Waals surface area contributed by atoms with Crippen molar-refractivity contribution in [1.29, 1.82) is 0 Å². The van der Waals surface area contributed by atoms with Crippen LogP contribution in [-0.4, -0.2) is 65.7 Å². The van der Waals surface area contributed by atoms with E-state index in [4.69, 9.17) is 4.74 Å². The molecule has 0 unspecified atom stereocenters. The van der Waals surface area contributed by atoms with Gasteiger partial charge in [0.25, 0.3) is 5.91 Å². The van der Waals surface area contributed by atoms with Crippen LogP contribution in [0.2, 0.25) is 0 Å². The molecule has 1 saturated carbocycles. The van der Waals surface area contributed by atoms with Gasteiger partial charge in [0.15, 0.2) is 5.78 Å². The third-order valence-corrected chi connectivity index (χ3v) is 9.14. The first-order valence-corrected chi connectivity index (χ1v) is 13.7. The molecule has 38 heavy (non-hydrogen) atoms. The zero-order valence-electron chi connectivity index (χ0n) is 21.7. The number of likely N-dealkylation sites (tertiary alicyclic amines) is 1. The summed E-state index contributed by atoms with van der Waals surface area (Å²) < 4.78 is 5.46. The summed E-state index contributed by atoms with van der Waals surface area (Å²) in [6, 6.07) is 5.96. The quantitative estimate of drug-likeness (QED) is 0.464. The predicted octanol–water partition coefficient (Wildman–Crippen LogP) is 2.43. The second kappa shape index (κ2) is 9.60. The van der Waals surface area contributed by atoms with Crippen molar-refractivity contribution in [3.63, 3.8) is 0 Å². The Labute approximate surface area is 221 Å². The van der Waals surface area contributed by atoms with Crippen molar-refractivity contribution in [2.75, 3.05) is 20.2 Å². The van der Waals surface area contributed by atoms with Gasteiger partial charge in [-0.3, -0.25) is 19.2 Å². The SMILES string of the molecule is CCC(=O)[C@H](C[C@@H]1CCNC1=O)NC(=O)[C@@H]1[C@@H]2[C@H](CN1C(=O)c1cc3c(OC)cccc3[nH]1)[C@@H]1C=C[C@H]2C1.